The Morgan fingerprint density at radius 3 is 1.28 bits per heavy atom. The first-order valence-corrected chi connectivity index (χ1v) is 37.7. The van der Waals surface area contributed by atoms with Gasteiger partial charge in [0.15, 0.2) is 0 Å². The Morgan fingerprint density at radius 2 is 0.926 bits per heavy atom. The second-order valence-corrected chi connectivity index (χ2v) is 32.3. The number of hydrogen-bond acceptors (Lipinski definition) is 11. The fraction of sp³-hybridized carbons (Fsp3) is 0.821. The average Bonchev–Trinajstić information content (AvgIpc) is 4.43. The Kier molecular flexibility index (Phi) is 39.9. The van der Waals surface area contributed by atoms with E-state index in [2.05, 4.69) is 90.2 Å². The summed E-state index contributed by atoms with van der Waals surface area (Å²) in [4.78, 5) is 45.5. The van der Waals surface area contributed by atoms with E-state index in [0.29, 0.717) is 94.2 Å². The predicted molar refractivity (Wildman–Crippen MR) is 332 cm³/mol. The van der Waals surface area contributed by atoms with Gasteiger partial charge in [0.05, 0.1) is 26.4 Å². The van der Waals surface area contributed by atoms with Gasteiger partial charge in [-0.2, -0.15) is 0 Å². The highest BCUT2D eigenvalue weighted by Gasteiger charge is 2.38. The van der Waals surface area contributed by atoms with Gasteiger partial charge in [-0.05, 0) is 187 Å². The van der Waals surface area contributed by atoms with Crippen LogP contribution in [0.15, 0.2) is 48.6 Å². The molecule has 5 N–H and O–H groups in total. The molecule has 12 nitrogen and oxygen atoms in total. The third-order valence-corrected chi connectivity index (χ3v) is 25.0. The normalized spacial score (nSPS) is 27.6. The van der Waals surface area contributed by atoms with Gasteiger partial charge in [0.25, 0.3) is 14.1 Å². The molecule has 0 aromatic carbocycles. The van der Waals surface area contributed by atoms with Crippen molar-refractivity contribution in [2.24, 2.45) is 71.0 Å². The van der Waals surface area contributed by atoms with E-state index < -0.39 is 14.5 Å². The fourth-order valence-electron chi connectivity index (χ4n) is 13.5. The van der Waals surface area contributed by atoms with Crippen molar-refractivity contribution in [1.29, 1.82) is 0 Å². The Hall–Kier alpha value is -2.26. The van der Waals surface area contributed by atoms with E-state index in [1.165, 1.54) is 84.2 Å². The maximum atomic E-state index is 11.8. The van der Waals surface area contributed by atoms with E-state index in [4.69, 9.17) is 32.9 Å². The van der Waals surface area contributed by atoms with Gasteiger partial charge in [0.1, 0.15) is 0 Å². The molecule has 0 aromatic heterocycles. The van der Waals surface area contributed by atoms with E-state index in [0.717, 1.165) is 119 Å². The van der Waals surface area contributed by atoms with Crippen molar-refractivity contribution in [3.63, 3.8) is 0 Å². The van der Waals surface area contributed by atoms with Crippen LogP contribution < -0.4 is 0 Å². The molecule has 1 saturated heterocycles. The first kappa shape index (κ1) is 73.0. The molecule has 5 fully saturated rings. The van der Waals surface area contributed by atoms with Gasteiger partial charge in [0.2, 0.25) is 0 Å². The van der Waals surface area contributed by atoms with Crippen molar-refractivity contribution in [2.45, 2.75) is 228 Å². The van der Waals surface area contributed by atoms with E-state index >= 15 is 0 Å². The molecule has 0 aromatic rings. The van der Waals surface area contributed by atoms with Crippen molar-refractivity contribution >= 4 is 52.5 Å². The number of carbonyl (C=O) groups is 4. The third kappa shape index (κ3) is 29.6. The van der Waals surface area contributed by atoms with Crippen molar-refractivity contribution in [1.82, 2.24) is 0 Å². The Bertz CT molecular complexity index is 1760. The van der Waals surface area contributed by atoms with Gasteiger partial charge < -0.3 is 38.4 Å². The minimum atomic E-state index is -0.891. The van der Waals surface area contributed by atoms with Gasteiger partial charge in [0, 0.05) is 45.5 Å². The van der Waals surface area contributed by atoms with Crippen molar-refractivity contribution in [3.8, 4) is 0 Å². The van der Waals surface area contributed by atoms with Gasteiger partial charge >= 0.3 is 38.4 Å². The molecule has 8 bridgehead atoms. The topological polar surface area (TPSA) is 188 Å². The molecule has 12 atom stereocenters. The first-order chi connectivity index (χ1) is 38.9. The minimum absolute atomic E-state index is 0. The molecule has 0 radical (unpaired) electrons. The molecule has 8 aliphatic carbocycles. The lowest BCUT2D eigenvalue weighted by atomic mass is 9.91. The lowest BCUT2D eigenvalue weighted by molar-refractivity contribution is -0.146. The van der Waals surface area contributed by atoms with Crippen LogP contribution in [0.2, 0.25) is 26.4 Å². The van der Waals surface area contributed by atoms with Crippen molar-refractivity contribution < 1.29 is 57.6 Å². The highest BCUT2D eigenvalue weighted by Crippen LogP contribution is 2.46. The van der Waals surface area contributed by atoms with Crippen LogP contribution in [0.25, 0.3) is 0 Å². The molecule has 81 heavy (non-hydrogen) atoms. The highest BCUT2D eigenvalue weighted by molar-refractivity contribution is 6.58. The van der Waals surface area contributed by atoms with Crippen molar-refractivity contribution in [2.75, 3.05) is 46.2 Å². The Labute approximate surface area is 501 Å². The molecule has 1 heterocycles. The van der Waals surface area contributed by atoms with Crippen LogP contribution in [0.5, 0.6) is 0 Å². The standard InChI is InChI=1S/C20H32O5.C14H21O3.C9H14.C8H12O.C6H10O2.5C2H5.2Al.H2O/c21-11-5-1-3-7-19(22)24-12-6-2-4-8-20(23)25-15-18-14-16-9-10-17(18)13-16;15-7-3-1-2-4-14(16)17-10-13-9-11-5-6-12(13)8-11;1-2-8-5-7-3-4-9(8)6-7;9-5-8-4-6-1-2-7(8)3-6;7-6-4-2-1-3-5-8-6;5*1-2;;;/h9-10,16-18,21H,1-8,11-15H2;5-6,11-13H,1-4,7-10H2;3-4,7-9H,2,5-6H2,1H3;1-2,6-9H,3-5H2;1-5H2;5*1H2,2H3;;;1H2/q;-1;;;;;;;;;;+1;/p+1. The van der Waals surface area contributed by atoms with Crippen LogP contribution in [-0.2, 0) is 47.4 Å². The summed E-state index contributed by atoms with van der Waals surface area (Å²) in [5.41, 5.74) is 0. The zero-order chi connectivity index (χ0) is 57.7. The lowest BCUT2D eigenvalue weighted by Crippen LogP contribution is -2.17. The molecule has 14 heteroatoms. The number of hydrogen-bond donors (Lipinski definition) is 2. The fourth-order valence-corrected chi connectivity index (χ4v) is 16.8. The van der Waals surface area contributed by atoms with Gasteiger partial charge in [-0.1, -0.05) is 136 Å². The summed E-state index contributed by atoms with van der Waals surface area (Å²) in [6.45, 7) is 17.4. The summed E-state index contributed by atoms with van der Waals surface area (Å²) >= 11 is -1.06. The van der Waals surface area contributed by atoms with E-state index in [1.807, 2.05) is 0 Å². The van der Waals surface area contributed by atoms with E-state index in [1.54, 1.807) is 0 Å². The number of aliphatic hydroxyl groups is 2. The number of carbonyl (C=O) groups excluding carboxylic acids is 4. The maximum absolute atomic E-state index is 11.8. The highest BCUT2D eigenvalue weighted by atomic mass is 27.2. The number of aliphatic hydroxyl groups excluding tert-OH is 2. The number of allylic oxidation sites excluding steroid dienone is 8. The zero-order valence-electron chi connectivity index (χ0n) is 52.0. The molecule has 0 spiro atoms. The Morgan fingerprint density at radius 1 is 0.494 bits per heavy atom. The number of esters is 4. The van der Waals surface area contributed by atoms with Crippen LogP contribution in [0.3, 0.4) is 0 Å². The first-order valence-electron chi connectivity index (χ1n) is 33.1. The molecular weight excluding hydrogens is 1050 g/mol. The number of fused-ring (bicyclic) bond motifs is 8. The largest absolute Gasteiger partial charge is 0.501 e. The lowest BCUT2D eigenvalue weighted by Gasteiger charge is -2.17. The maximum Gasteiger partial charge on any atom is 0.460 e. The summed E-state index contributed by atoms with van der Waals surface area (Å²) in [6, 6.07) is 0. The smallest absolute Gasteiger partial charge is 0.460 e. The van der Waals surface area contributed by atoms with Crippen LogP contribution >= 0.6 is 0 Å². The zero-order valence-corrected chi connectivity index (χ0v) is 54.3. The Balaban J connectivity index is 0.000000274. The number of unbranched alkanes of at least 4 members (excludes halogenated alkanes) is 6. The predicted octanol–water partition coefficient (Wildman–Crippen LogP) is 14.3. The molecule has 462 valence electrons. The number of cyclic esters (lactones) is 1. The summed E-state index contributed by atoms with van der Waals surface area (Å²) in [5.74, 6) is 8.67. The average molecular weight is 1170 g/mol. The third-order valence-electron chi connectivity index (χ3n) is 19.0. The molecule has 9 rings (SSSR count). The molecule has 0 amide bonds. The van der Waals surface area contributed by atoms with E-state index in [-0.39, 0.29) is 50.1 Å². The minimum Gasteiger partial charge on any atom is -0.501 e. The van der Waals surface area contributed by atoms with Gasteiger partial charge in [-0.25, -0.2) is 0 Å². The number of rotatable bonds is 29. The molecule has 4 saturated carbocycles. The summed E-state index contributed by atoms with van der Waals surface area (Å²) < 4.78 is 26.7. The molecular formula is C67H117Al2O12+. The van der Waals surface area contributed by atoms with E-state index in [9.17, 15) is 19.2 Å². The second kappa shape index (κ2) is 44.2. The summed E-state index contributed by atoms with van der Waals surface area (Å²) in [7, 11) is 0. The molecule has 9 aliphatic rings. The summed E-state index contributed by atoms with van der Waals surface area (Å²) in [6.07, 6.45) is 43.6. The van der Waals surface area contributed by atoms with Crippen LogP contribution in [0.1, 0.15) is 202 Å². The van der Waals surface area contributed by atoms with Crippen molar-refractivity contribution in [3.05, 3.63) is 48.6 Å². The SMILES string of the molecule is CCC1CC2C=CC1C2.C[CH2][Al]([CH2]C)[CH2]C.C[CH2][Al]([CH2]C)[O]CCCCCC(=O)OCC1CC2C=CC1C2.O=C(CCCCCO)OCCCCCC(=O)OCC1CC2C=CC1C2.O=C1CCCCCO1.OCC1CC2C=CC1C2.[OH3+]. The van der Waals surface area contributed by atoms with Crippen LogP contribution in [0, 0.1) is 71.0 Å². The van der Waals surface area contributed by atoms with Gasteiger partial charge in [-0.15, -0.1) is 0 Å². The monoisotopic (exact) mass is 1170 g/mol. The second-order valence-electron chi connectivity index (χ2n) is 24.9. The quantitative estimate of drug-likeness (QED) is 0.0181. The summed E-state index contributed by atoms with van der Waals surface area (Å²) in [5, 5.41) is 24.4. The van der Waals surface area contributed by atoms with Gasteiger partial charge in [-0.3, -0.25) is 19.2 Å². The van der Waals surface area contributed by atoms with Crippen LogP contribution in [-0.4, -0.2) is 109 Å². The molecule has 1 aliphatic heterocycles. The van der Waals surface area contributed by atoms with Crippen LogP contribution in [0.4, 0.5) is 0 Å². The molecule has 12 unspecified atom stereocenters. The number of ether oxygens (including phenoxy) is 4.